The van der Waals surface area contributed by atoms with Gasteiger partial charge in [-0.25, -0.2) is 18.4 Å². The largest absolute Gasteiger partial charge is 0.460 e. The fraction of sp³-hybridized carbons (Fsp3) is 0.227. The molecule has 2 atom stereocenters. The van der Waals surface area contributed by atoms with Crippen LogP contribution in [0.1, 0.15) is 19.4 Å². The smallest absolute Gasteiger partial charge is 0.409 e. The van der Waals surface area contributed by atoms with E-state index < -0.39 is 37.1 Å². The van der Waals surface area contributed by atoms with Crippen molar-refractivity contribution < 1.29 is 27.4 Å². The molecule has 3 rings (SSSR count). The molecule has 3 aromatic carbocycles. The van der Waals surface area contributed by atoms with Gasteiger partial charge in [0, 0.05) is 28.3 Å². The number of halogens is 3. The third-order valence-corrected chi connectivity index (χ3v) is 6.08. The second kappa shape index (κ2) is 9.77. The van der Waals surface area contributed by atoms with Crippen molar-refractivity contribution in [2.75, 3.05) is 0 Å². The number of carbonyl (C=O) groups is 1. The summed E-state index contributed by atoms with van der Waals surface area (Å²) >= 11 is 6.13. The van der Waals surface area contributed by atoms with Crippen LogP contribution in [0.4, 0.5) is 8.78 Å². The minimum Gasteiger partial charge on any atom is -0.460 e. The number of fused-ring (bicyclic) bond motifs is 1. The first-order chi connectivity index (χ1) is 14.7. The third-order valence-electron chi connectivity index (χ3n) is 4.56. The predicted octanol–water partition coefficient (Wildman–Crippen LogP) is 6.20. The molecule has 0 amide bonds. The summed E-state index contributed by atoms with van der Waals surface area (Å²) in [7, 11) is 0. The summed E-state index contributed by atoms with van der Waals surface area (Å²) in [5, 5.41) is 4.12. The first-order valence-corrected chi connectivity index (χ1v) is 12.0. The van der Waals surface area contributed by atoms with Gasteiger partial charge in [-0.2, -0.15) is 0 Å². The lowest BCUT2D eigenvalue weighted by atomic mass is 10.1. The highest BCUT2D eigenvalue weighted by Crippen LogP contribution is 2.50. The van der Waals surface area contributed by atoms with Crippen LogP contribution in [0.25, 0.3) is 10.8 Å². The van der Waals surface area contributed by atoms with Crippen LogP contribution < -0.4 is 9.61 Å². The second-order valence-corrected chi connectivity index (χ2v) is 9.98. The summed E-state index contributed by atoms with van der Waals surface area (Å²) in [6, 6.07) is 14.4. The van der Waals surface area contributed by atoms with E-state index in [1.165, 1.54) is 6.07 Å². The van der Waals surface area contributed by atoms with Gasteiger partial charge in [0.1, 0.15) is 30.0 Å². The van der Waals surface area contributed by atoms with E-state index in [0.29, 0.717) is 17.2 Å². The van der Waals surface area contributed by atoms with E-state index in [-0.39, 0.29) is 11.5 Å². The van der Waals surface area contributed by atoms with Crippen LogP contribution in [0.15, 0.2) is 60.7 Å². The Morgan fingerprint density at radius 2 is 1.81 bits per heavy atom. The zero-order valence-corrected chi connectivity index (χ0v) is 18.5. The van der Waals surface area contributed by atoms with Gasteiger partial charge in [-0.1, -0.05) is 50.2 Å². The summed E-state index contributed by atoms with van der Waals surface area (Å²) in [5.41, 5.74) is 0.0123. The molecule has 0 spiro atoms. The fourth-order valence-corrected chi connectivity index (χ4v) is 4.68. The maximum atomic E-state index is 13.8. The molecule has 31 heavy (non-hydrogen) atoms. The summed E-state index contributed by atoms with van der Waals surface area (Å²) in [6.07, 6.45) is 0. The lowest BCUT2D eigenvalue weighted by Gasteiger charge is -2.24. The van der Waals surface area contributed by atoms with Crippen LogP contribution >= 0.6 is 18.1 Å². The molecule has 0 aromatic heterocycles. The Morgan fingerprint density at radius 3 is 2.52 bits per heavy atom. The summed E-state index contributed by atoms with van der Waals surface area (Å²) < 4.78 is 50.4. The van der Waals surface area contributed by atoms with Crippen LogP contribution in [0.2, 0.25) is 0 Å². The Balaban J connectivity index is 1.71. The molecule has 0 fully saturated rings. The molecule has 5 nitrogen and oxygen atoms in total. The SMILES string of the molecule is CC(C)C(NP(=O)(Cl)Oc1cccc2ccccc12)C(=O)OCc1ccc(F)cc1F. The highest BCUT2D eigenvalue weighted by atomic mass is 35.7. The molecule has 0 saturated heterocycles. The minimum atomic E-state index is -4.00. The van der Waals surface area contributed by atoms with Crippen molar-refractivity contribution >= 4 is 34.9 Å². The summed E-state index contributed by atoms with van der Waals surface area (Å²) in [6.45, 7) is -1.01. The highest BCUT2D eigenvalue weighted by molar-refractivity contribution is 7.84. The monoisotopic (exact) mass is 467 g/mol. The van der Waals surface area contributed by atoms with Gasteiger partial charge in [0.25, 0.3) is 0 Å². The number of benzene rings is 3. The number of hydrogen-bond donors (Lipinski definition) is 1. The molecule has 0 aliphatic carbocycles. The average Bonchev–Trinajstić information content (AvgIpc) is 2.71. The Hall–Kier alpha value is -2.47. The van der Waals surface area contributed by atoms with Crippen molar-refractivity contribution in [3.63, 3.8) is 0 Å². The molecular formula is C22H21ClF2NO4P. The van der Waals surface area contributed by atoms with Gasteiger partial charge in [-0.15, -0.1) is 0 Å². The molecule has 0 aliphatic heterocycles. The number of rotatable bonds is 8. The van der Waals surface area contributed by atoms with E-state index in [2.05, 4.69) is 5.09 Å². The lowest BCUT2D eigenvalue weighted by molar-refractivity contribution is -0.148. The van der Waals surface area contributed by atoms with E-state index in [1.807, 2.05) is 24.3 Å². The van der Waals surface area contributed by atoms with E-state index in [9.17, 15) is 18.1 Å². The van der Waals surface area contributed by atoms with Crippen molar-refractivity contribution in [1.29, 1.82) is 0 Å². The van der Waals surface area contributed by atoms with Gasteiger partial charge >= 0.3 is 12.8 Å². The lowest BCUT2D eigenvalue weighted by Crippen LogP contribution is -2.40. The minimum absolute atomic E-state index is 0.0123. The number of nitrogens with one attached hydrogen (secondary N) is 1. The Bertz CT molecular complexity index is 1140. The fourth-order valence-electron chi connectivity index (χ4n) is 2.95. The highest BCUT2D eigenvalue weighted by Gasteiger charge is 2.33. The summed E-state index contributed by atoms with van der Waals surface area (Å²) in [5.74, 6) is -2.42. The summed E-state index contributed by atoms with van der Waals surface area (Å²) in [4.78, 5) is 12.6. The van der Waals surface area contributed by atoms with E-state index in [1.54, 1.807) is 32.0 Å². The maximum absolute atomic E-state index is 13.8. The van der Waals surface area contributed by atoms with Crippen molar-refractivity contribution in [2.45, 2.75) is 26.5 Å². The van der Waals surface area contributed by atoms with E-state index in [4.69, 9.17) is 20.5 Å². The van der Waals surface area contributed by atoms with Gasteiger partial charge in [0.2, 0.25) is 0 Å². The molecule has 0 saturated carbocycles. The van der Waals surface area contributed by atoms with Crippen LogP contribution in [0.5, 0.6) is 5.75 Å². The van der Waals surface area contributed by atoms with Crippen molar-refractivity contribution in [1.82, 2.24) is 5.09 Å². The number of carbonyl (C=O) groups excluding carboxylic acids is 1. The molecular weight excluding hydrogens is 447 g/mol. The van der Waals surface area contributed by atoms with Gasteiger partial charge in [-0.3, -0.25) is 4.79 Å². The maximum Gasteiger partial charge on any atom is 0.409 e. The zero-order valence-electron chi connectivity index (χ0n) is 16.8. The van der Waals surface area contributed by atoms with Gasteiger partial charge in [-0.05, 0) is 29.5 Å². The predicted molar refractivity (Wildman–Crippen MR) is 116 cm³/mol. The first kappa shape index (κ1) is 23.2. The van der Waals surface area contributed by atoms with Crippen LogP contribution in [0, 0.1) is 17.6 Å². The van der Waals surface area contributed by atoms with Crippen LogP contribution in [-0.4, -0.2) is 12.0 Å². The van der Waals surface area contributed by atoms with Crippen molar-refractivity contribution in [3.8, 4) is 5.75 Å². The molecule has 3 aromatic rings. The number of ether oxygens (including phenoxy) is 1. The molecule has 0 heterocycles. The normalized spacial score (nSPS) is 14.3. The third kappa shape index (κ3) is 6.03. The molecule has 164 valence electrons. The van der Waals surface area contributed by atoms with Gasteiger partial charge in [0.15, 0.2) is 0 Å². The van der Waals surface area contributed by atoms with Crippen molar-refractivity contribution in [3.05, 3.63) is 77.9 Å². The molecule has 9 heteroatoms. The molecule has 0 bridgehead atoms. The van der Waals surface area contributed by atoms with E-state index >= 15 is 0 Å². The second-order valence-electron chi connectivity index (χ2n) is 7.24. The topological polar surface area (TPSA) is 64.6 Å². The van der Waals surface area contributed by atoms with E-state index in [0.717, 1.165) is 11.5 Å². The molecule has 0 radical (unpaired) electrons. The quantitative estimate of drug-likeness (QED) is 0.315. The molecule has 2 unspecified atom stereocenters. The Labute approximate surface area is 183 Å². The number of esters is 1. The van der Waals surface area contributed by atoms with Crippen LogP contribution in [-0.2, 0) is 20.7 Å². The molecule has 0 aliphatic rings. The standard InChI is InChI=1S/C22H21ClF2NO4P/c1-14(2)21(22(27)29-13-16-10-11-17(24)12-19(16)25)26-31(23,28)30-20-9-5-7-15-6-3-4-8-18(15)20/h3-12,14,21H,13H2,1-2H3,(H,26,28). The Morgan fingerprint density at radius 1 is 1.10 bits per heavy atom. The van der Waals surface area contributed by atoms with Crippen molar-refractivity contribution in [2.24, 2.45) is 5.92 Å². The number of hydrogen-bond acceptors (Lipinski definition) is 4. The van der Waals surface area contributed by atoms with Gasteiger partial charge < -0.3 is 9.26 Å². The molecule has 1 N–H and O–H groups in total. The zero-order chi connectivity index (χ0) is 22.6. The Kier molecular flexibility index (Phi) is 7.31. The first-order valence-electron chi connectivity index (χ1n) is 9.52. The van der Waals surface area contributed by atoms with Gasteiger partial charge in [0.05, 0.1) is 0 Å². The average molecular weight is 468 g/mol. The van der Waals surface area contributed by atoms with Crippen LogP contribution in [0.3, 0.4) is 0 Å².